The van der Waals surface area contributed by atoms with Gasteiger partial charge < -0.3 is 5.11 Å². The molecule has 1 N–H and O–H groups in total. The lowest BCUT2D eigenvalue weighted by molar-refractivity contribution is -0.143. The van der Waals surface area contributed by atoms with Crippen molar-refractivity contribution < 1.29 is 14.3 Å². The SMILES string of the molecule is O=C(O)C(c1ccc(F)cc1Cl)N1CCC2(CCSCC2)C1. The van der Waals surface area contributed by atoms with Crippen LogP contribution in [0.25, 0.3) is 0 Å². The van der Waals surface area contributed by atoms with Gasteiger partial charge in [0.25, 0.3) is 0 Å². The number of hydrogen-bond acceptors (Lipinski definition) is 3. The normalized spacial score (nSPS) is 22.8. The highest BCUT2D eigenvalue weighted by Gasteiger charge is 2.43. The second-order valence-corrected chi connectivity index (χ2v) is 7.87. The molecule has 0 saturated carbocycles. The van der Waals surface area contributed by atoms with E-state index < -0.39 is 17.8 Å². The van der Waals surface area contributed by atoms with E-state index in [1.165, 1.54) is 18.2 Å². The van der Waals surface area contributed by atoms with Crippen LogP contribution in [0.3, 0.4) is 0 Å². The molecule has 6 heteroatoms. The average molecular weight is 344 g/mol. The van der Waals surface area contributed by atoms with E-state index in [1.807, 2.05) is 16.7 Å². The molecule has 1 spiro atoms. The monoisotopic (exact) mass is 343 g/mol. The predicted octanol–water partition coefficient (Wildman–Crippen LogP) is 3.82. The van der Waals surface area contributed by atoms with Crippen molar-refractivity contribution in [1.29, 1.82) is 0 Å². The Hall–Kier alpha value is -0.780. The van der Waals surface area contributed by atoms with E-state index >= 15 is 0 Å². The number of carboxylic acid groups (broad SMARTS) is 1. The van der Waals surface area contributed by atoms with Gasteiger partial charge in [0.05, 0.1) is 0 Å². The Labute approximate surface area is 138 Å². The Balaban J connectivity index is 1.84. The van der Waals surface area contributed by atoms with Crippen LogP contribution in [-0.2, 0) is 4.79 Å². The zero-order valence-corrected chi connectivity index (χ0v) is 13.8. The number of thioether (sulfide) groups is 1. The summed E-state index contributed by atoms with van der Waals surface area (Å²) in [5.74, 6) is 0.946. The van der Waals surface area contributed by atoms with Crippen LogP contribution in [0.15, 0.2) is 18.2 Å². The molecule has 2 aliphatic rings. The Kier molecular flexibility index (Phi) is 4.67. The second-order valence-electron chi connectivity index (χ2n) is 6.24. The minimum atomic E-state index is -0.921. The molecule has 1 aromatic rings. The molecule has 1 unspecified atom stereocenters. The zero-order valence-electron chi connectivity index (χ0n) is 12.2. The van der Waals surface area contributed by atoms with Crippen molar-refractivity contribution in [3.63, 3.8) is 0 Å². The number of rotatable bonds is 3. The molecule has 0 radical (unpaired) electrons. The quantitative estimate of drug-likeness (QED) is 0.905. The number of aliphatic carboxylic acids is 1. The highest BCUT2D eigenvalue weighted by molar-refractivity contribution is 7.99. The molecular formula is C16H19ClFNO2S. The van der Waals surface area contributed by atoms with Gasteiger partial charge in [-0.05, 0) is 60.4 Å². The van der Waals surface area contributed by atoms with Crippen LogP contribution >= 0.6 is 23.4 Å². The fourth-order valence-electron chi connectivity index (χ4n) is 3.61. The van der Waals surface area contributed by atoms with Crippen LogP contribution in [0.5, 0.6) is 0 Å². The van der Waals surface area contributed by atoms with E-state index in [1.54, 1.807) is 0 Å². The van der Waals surface area contributed by atoms with Crippen molar-refractivity contribution in [2.45, 2.75) is 25.3 Å². The maximum Gasteiger partial charge on any atom is 0.325 e. The van der Waals surface area contributed by atoms with Crippen LogP contribution < -0.4 is 0 Å². The molecule has 2 saturated heterocycles. The molecule has 0 bridgehead atoms. The van der Waals surface area contributed by atoms with Crippen molar-refractivity contribution in [3.05, 3.63) is 34.6 Å². The van der Waals surface area contributed by atoms with Crippen LogP contribution in [0, 0.1) is 11.2 Å². The fraction of sp³-hybridized carbons (Fsp3) is 0.562. The molecular weight excluding hydrogens is 325 g/mol. The maximum absolute atomic E-state index is 13.2. The number of carboxylic acids is 1. The Morgan fingerprint density at radius 1 is 1.36 bits per heavy atom. The van der Waals surface area contributed by atoms with Gasteiger partial charge in [-0.15, -0.1) is 0 Å². The van der Waals surface area contributed by atoms with E-state index in [9.17, 15) is 14.3 Å². The number of carbonyl (C=O) groups is 1. The van der Waals surface area contributed by atoms with Gasteiger partial charge in [0.1, 0.15) is 11.9 Å². The summed E-state index contributed by atoms with van der Waals surface area (Å²) in [5, 5.41) is 9.86. The third kappa shape index (κ3) is 3.12. The number of benzene rings is 1. The predicted molar refractivity (Wildman–Crippen MR) is 87.0 cm³/mol. The first-order chi connectivity index (χ1) is 10.5. The fourth-order valence-corrected chi connectivity index (χ4v) is 5.24. The van der Waals surface area contributed by atoms with Crippen molar-refractivity contribution in [1.82, 2.24) is 4.90 Å². The summed E-state index contributed by atoms with van der Waals surface area (Å²) in [6, 6.07) is 3.18. The van der Waals surface area contributed by atoms with Crippen molar-refractivity contribution in [2.75, 3.05) is 24.6 Å². The van der Waals surface area contributed by atoms with E-state index in [4.69, 9.17) is 11.6 Å². The van der Waals surface area contributed by atoms with Crippen molar-refractivity contribution in [2.24, 2.45) is 5.41 Å². The van der Waals surface area contributed by atoms with E-state index in [0.717, 1.165) is 43.9 Å². The molecule has 2 heterocycles. The first-order valence-electron chi connectivity index (χ1n) is 7.50. The summed E-state index contributed by atoms with van der Waals surface area (Å²) >= 11 is 8.07. The second kappa shape index (κ2) is 6.38. The van der Waals surface area contributed by atoms with Crippen LogP contribution in [0.2, 0.25) is 5.02 Å². The molecule has 0 aliphatic carbocycles. The highest BCUT2D eigenvalue weighted by Crippen LogP contribution is 2.45. The molecule has 2 aliphatic heterocycles. The Bertz CT molecular complexity index is 577. The number of halogens is 2. The van der Waals surface area contributed by atoms with Gasteiger partial charge in [-0.2, -0.15) is 11.8 Å². The van der Waals surface area contributed by atoms with Crippen LogP contribution in [-0.4, -0.2) is 40.6 Å². The highest BCUT2D eigenvalue weighted by atomic mass is 35.5. The lowest BCUT2D eigenvalue weighted by atomic mass is 9.81. The summed E-state index contributed by atoms with van der Waals surface area (Å²) in [4.78, 5) is 13.8. The van der Waals surface area contributed by atoms with Gasteiger partial charge in [0.15, 0.2) is 0 Å². The van der Waals surface area contributed by atoms with Crippen LogP contribution in [0.1, 0.15) is 30.9 Å². The summed E-state index contributed by atoms with van der Waals surface area (Å²) < 4.78 is 13.2. The Morgan fingerprint density at radius 2 is 2.09 bits per heavy atom. The standard InChI is InChI=1S/C16H19ClFNO2S/c17-13-9-11(18)1-2-12(13)14(15(20)21)19-6-3-16(10-19)4-7-22-8-5-16/h1-2,9,14H,3-8,10H2,(H,20,21). The van der Waals surface area contributed by atoms with Gasteiger partial charge in [0, 0.05) is 11.6 Å². The van der Waals surface area contributed by atoms with Crippen LogP contribution in [0.4, 0.5) is 4.39 Å². The average Bonchev–Trinajstić information content (AvgIpc) is 2.85. The summed E-state index contributed by atoms with van der Waals surface area (Å²) in [5.41, 5.74) is 0.739. The molecule has 3 rings (SSSR count). The maximum atomic E-state index is 13.2. The third-order valence-electron chi connectivity index (χ3n) is 4.88. The summed E-state index contributed by atoms with van der Waals surface area (Å²) in [6.07, 6.45) is 3.34. The Morgan fingerprint density at radius 3 is 2.73 bits per heavy atom. The summed E-state index contributed by atoms with van der Waals surface area (Å²) in [7, 11) is 0. The van der Waals surface area contributed by atoms with E-state index in [-0.39, 0.29) is 10.4 Å². The smallest absolute Gasteiger partial charge is 0.325 e. The molecule has 3 nitrogen and oxygen atoms in total. The molecule has 1 atom stereocenters. The van der Waals surface area contributed by atoms with Gasteiger partial charge in [-0.1, -0.05) is 17.7 Å². The van der Waals surface area contributed by atoms with E-state index in [2.05, 4.69) is 0 Å². The molecule has 0 aromatic heterocycles. The molecule has 120 valence electrons. The number of nitrogens with zero attached hydrogens (tertiary/aromatic N) is 1. The molecule has 1 aromatic carbocycles. The lowest BCUT2D eigenvalue weighted by Gasteiger charge is -2.34. The molecule has 0 amide bonds. The van der Waals surface area contributed by atoms with Gasteiger partial charge in [-0.25, -0.2) is 4.39 Å². The molecule has 2 fully saturated rings. The van der Waals surface area contributed by atoms with Gasteiger partial charge >= 0.3 is 5.97 Å². The third-order valence-corrected chi connectivity index (χ3v) is 6.19. The van der Waals surface area contributed by atoms with Gasteiger partial charge in [0.2, 0.25) is 0 Å². The van der Waals surface area contributed by atoms with Gasteiger partial charge in [-0.3, -0.25) is 9.69 Å². The molecule has 22 heavy (non-hydrogen) atoms. The van der Waals surface area contributed by atoms with E-state index in [0.29, 0.717) is 5.56 Å². The van der Waals surface area contributed by atoms with Crippen molar-refractivity contribution >= 4 is 29.3 Å². The number of hydrogen-bond donors (Lipinski definition) is 1. The minimum Gasteiger partial charge on any atom is -0.480 e. The number of likely N-dealkylation sites (tertiary alicyclic amines) is 1. The largest absolute Gasteiger partial charge is 0.480 e. The first-order valence-corrected chi connectivity index (χ1v) is 9.04. The summed E-state index contributed by atoms with van der Waals surface area (Å²) in [6.45, 7) is 1.55. The lowest BCUT2D eigenvalue weighted by Crippen LogP contribution is -2.36. The zero-order chi connectivity index (χ0) is 15.7. The van der Waals surface area contributed by atoms with Crippen molar-refractivity contribution in [3.8, 4) is 0 Å². The first kappa shape index (κ1) is 16.1. The minimum absolute atomic E-state index is 0.188. The topological polar surface area (TPSA) is 40.5 Å².